The minimum absolute atomic E-state index is 0.140. The van der Waals surface area contributed by atoms with Crippen molar-refractivity contribution < 1.29 is 14.8 Å². The third kappa shape index (κ3) is 1.39. The predicted molar refractivity (Wildman–Crippen MR) is 49.7 cm³/mol. The number of fused-ring (bicyclic) bond motifs is 1. The highest BCUT2D eigenvalue weighted by Crippen LogP contribution is 2.24. The molecule has 0 aliphatic rings. The van der Waals surface area contributed by atoms with E-state index in [0.717, 1.165) is 6.07 Å². The van der Waals surface area contributed by atoms with Gasteiger partial charge in [0.05, 0.1) is 22.3 Å². The number of aromatic carboxylic acids is 1. The number of non-ortho nitro benzene ring substituents is 1. The van der Waals surface area contributed by atoms with Crippen LogP contribution in [0.25, 0.3) is 11.0 Å². The second kappa shape index (κ2) is 3.05. The molecule has 0 unspecified atom stereocenters. The van der Waals surface area contributed by atoms with E-state index in [4.69, 9.17) is 5.11 Å². The molecule has 0 saturated carbocycles. The van der Waals surface area contributed by atoms with E-state index >= 15 is 0 Å². The molecule has 0 atom stereocenters. The Kier molecular flexibility index (Phi) is 1.86. The van der Waals surface area contributed by atoms with Crippen LogP contribution in [0.1, 0.15) is 10.4 Å². The van der Waals surface area contributed by atoms with Crippen molar-refractivity contribution >= 4 is 22.7 Å². The van der Waals surface area contributed by atoms with E-state index in [-0.39, 0.29) is 16.8 Å². The van der Waals surface area contributed by atoms with Gasteiger partial charge in [-0.15, -0.1) is 0 Å². The number of nitrogens with one attached hydrogen (secondary N) is 1. The molecule has 1 heterocycles. The fraction of sp³-hybridized carbons (Fsp3) is 0. The zero-order valence-corrected chi connectivity index (χ0v) is 7.30. The second-order valence-electron chi connectivity index (χ2n) is 2.86. The Balaban J connectivity index is 2.80. The number of carboxylic acid groups (broad SMARTS) is 1. The van der Waals surface area contributed by atoms with Crippen LogP contribution in [0.2, 0.25) is 0 Å². The summed E-state index contributed by atoms with van der Waals surface area (Å²) in [5.74, 6) is -1.21. The quantitative estimate of drug-likeness (QED) is 0.567. The third-order valence-electron chi connectivity index (χ3n) is 1.95. The summed E-state index contributed by atoms with van der Waals surface area (Å²) in [6.45, 7) is 0. The van der Waals surface area contributed by atoms with Crippen LogP contribution >= 0.6 is 0 Å². The summed E-state index contributed by atoms with van der Waals surface area (Å²) in [5.41, 5.74) is 0.0381. The van der Waals surface area contributed by atoms with Crippen LogP contribution in [0.4, 0.5) is 5.69 Å². The number of nitro benzene ring substituents is 1. The highest BCUT2D eigenvalue weighted by atomic mass is 16.6. The van der Waals surface area contributed by atoms with Gasteiger partial charge >= 0.3 is 5.97 Å². The van der Waals surface area contributed by atoms with Crippen molar-refractivity contribution in [3.63, 3.8) is 0 Å². The Hall–Kier alpha value is -2.44. The van der Waals surface area contributed by atoms with E-state index in [1.54, 1.807) is 0 Å². The van der Waals surface area contributed by atoms with Gasteiger partial charge < -0.3 is 10.1 Å². The number of aromatic nitrogens is 2. The molecule has 0 radical (unpaired) electrons. The number of rotatable bonds is 2. The van der Waals surface area contributed by atoms with Crippen molar-refractivity contribution in [2.24, 2.45) is 0 Å². The van der Waals surface area contributed by atoms with E-state index in [1.165, 1.54) is 12.4 Å². The molecule has 15 heavy (non-hydrogen) atoms. The summed E-state index contributed by atoms with van der Waals surface area (Å²) in [6, 6.07) is 2.29. The zero-order valence-electron chi connectivity index (χ0n) is 7.30. The monoisotopic (exact) mass is 207 g/mol. The molecule has 2 rings (SSSR count). The van der Waals surface area contributed by atoms with Crippen LogP contribution in [0.15, 0.2) is 18.5 Å². The fourth-order valence-electron chi connectivity index (χ4n) is 1.29. The van der Waals surface area contributed by atoms with Crippen molar-refractivity contribution in [3.8, 4) is 0 Å². The van der Waals surface area contributed by atoms with Crippen molar-refractivity contribution in [2.45, 2.75) is 0 Å². The van der Waals surface area contributed by atoms with Gasteiger partial charge in [-0.1, -0.05) is 0 Å². The van der Waals surface area contributed by atoms with E-state index < -0.39 is 10.9 Å². The number of H-pyrrole nitrogens is 1. The molecule has 0 fully saturated rings. The Bertz CT molecular complexity index is 560. The van der Waals surface area contributed by atoms with E-state index in [9.17, 15) is 14.9 Å². The minimum atomic E-state index is -1.21. The first kappa shape index (κ1) is 9.13. The lowest BCUT2D eigenvalue weighted by molar-refractivity contribution is -0.383. The Morgan fingerprint density at radius 1 is 1.53 bits per heavy atom. The fourth-order valence-corrected chi connectivity index (χ4v) is 1.29. The smallest absolute Gasteiger partial charge is 0.336 e. The number of hydrogen-bond acceptors (Lipinski definition) is 4. The molecular formula is C8H5N3O4. The lowest BCUT2D eigenvalue weighted by atomic mass is 10.1. The third-order valence-corrected chi connectivity index (χ3v) is 1.95. The molecule has 0 aliphatic heterocycles. The number of aromatic amines is 1. The topological polar surface area (TPSA) is 109 Å². The number of benzene rings is 1. The number of carbonyl (C=O) groups is 1. The lowest BCUT2D eigenvalue weighted by Gasteiger charge is -1.96. The van der Waals surface area contributed by atoms with Crippen LogP contribution in [-0.4, -0.2) is 26.0 Å². The molecule has 7 nitrogen and oxygen atoms in total. The maximum absolute atomic E-state index is 10.7. The Morgan fingerprint density at radius 3 is 2.87 bits per heavy atom. The van der Waals surface area contributed by atoms with Gasteiger partial charge in [0.2, 0.25) is 0 Å². The molecule has 0 spiro atoms. The normalized spacial score (nSPS) is 10.4. The maximum Gasteiger partial charge on any atom is 0.336 e. The van der Waals surface area contributed by atoms with Crippen LogP contribution < -0.4 is 0 Å². The van der Waals surface area contributed by atoms with Gasteiger partial charge in [0.1, 0.15) is 0 Å². The second-order valence-corrected chi connectivity index (χ2v) is 2.86. The average Bonchev–Trinajstić information content (AvgIpc) is 2.62. The van der Waals surface area contributed by atoms with Crippen molar-refractivity contribution in [2.75, 3.05) is 0 Å². The SMILES string of the molecule is O=C(O)c1cc([N+](=O)[O-])c2nc[nH]c2c1. The summed E-state index contributed by atoms with van der Waals surface area (Å²) in [7, 11) is 0. The van der Waals surface area contributed by atoms with Gasteiger partial charge in [-0.25, -0.2) is 9.78 Å². The standard InChI is InChI=1S/C8H5N3O4/c12-8(13)4-1-5-7(10-3-9-5)6(2-4)11(14)15/h1-3H,(H,9,10)(H,12,13). The zero-order chi connectivity index (χ0) is 11.0. The summed E-state index contributed by atoms with van der Waals surface area (Å²) >= 11 is 0. The molecule has 7 heteroatoms. The predicted octanol–water partition coefficient (Wildman–Crippen LogP) is 1.17. The van der Waals surface area contributed by atoms with E-state index in [2.05, 4.69) is 9.97 Å². The van der Waals surface area contributed by atoms with Gasteiger partial charge in [-0.05, 0) is 6.07 Å². The van der Waals surface area contributed by atoms with Gasteiger partial charge in [0.25, 0.3) is 5.69 Å². The molecule has 0 saturated heterocycles. The van der Waals surface area contributed by atoms with Crippen molar-refractivity contribution in [1.29, 1.82) is 0 Å². The van der Waals surface area contributed by atoms with E-state index in [0.29, 0.717) is 5.52 Å². The molecule has 0 bridgehead atoms. The summed E-state index contributed by atoms with van der Waals surface area (Å²) in [5, 5.41) is 19.4. The van der Waals surface area contributed by atoms with E-state index in [1.807, 2.05) is 0 Å². The summed E-state index contributed by atoms with van der Waals surface area (Å²) < 4.78 is 0. The van der Waals surface area contributed by atoms with Crippen LogP contribution in [0.5, 0.6) is 0 Å². The number of imidazole rings is 1. The number of nitro groups is 1. The largest absolute Gasteiger partial charge is 0.478 e. The number of hydrogen-bond donors (Lipinski definition) is 2. The Labute approximate surface area is 82.5 Å². The number of nitrogens with zero attached hydrogens (tertiary/aromatic N) is 2. The highest BCUT2D eigenvalue weighted by molar-refractivity contribution is 5.96. The highest BCUT2D eigenvalue weighted by Gasteiger charge is 2.18. The molecule has 76 valence electrons. The molecular weight excluding hydrogens is 202 g/mol. The molecule has 0 aliphatic carbocycles. The molecule has 0 amide bonds. The first-order valence-electron chi connectivity index (χ1n) is 3.94. The molecule has 1 aromatic heterocycles. The lowest BCUT2D eigenvalue weighted by Crippen LogP contribution is -1.98. The van der Waals surface area contributed by atoms with Crippen molar-refractivity contribution in [1.82, 2.24) is 9.97 Å². The average molecular weight is 207 g/mol. The Morgan fingerprint density at radius 2 is 2.27 bits per heavy atom. The van der Waals surface area contributed by atoms with Crippen LogP contribution in [-0.2, 0) is 0 Å². The van der Waals surface area contributed by atoms with Crippen molar-refractivity contribution in [3.05, 3.63) is 34.1 Å². The first-order chi connectivity index (χ1) is 7.09. The van der Waals surface area contributed by atoms with Crippen LogP contribution in [0, 0.1) is 10.1 Å². The van der Waals surface area contributed by atoms with Gasteiger partial charge in [-0.2, -0.15) is 0 Å². The number of carboxylic acids is 1. The summed E-state index contributed by atoms with van der Waals surface area (Å²) in [6.07, 6.45) is 1.28. The molecule has 2 aromatic rings. The summed E-state index contributed by atoms with van der Waals surface area (Å²) in [4.78, 5) is 27.1. The van der Waals surface area contributed by atoms with Gasteiger partial charge in [-0.3, -0.25) is 10.1 Å². The first-order valence-corrected chi connectivity index (χ1v) is 3.94. The van der Waals surface area contributed by atoms with Gasteiger partial charge in [0, 0.05) is 6.07 Å². The van der Waals surface area contributed by atoms with Crippen LogP contribution in [0.3, 0.4) is 0 Å². The maximum atomic E-state index is 10.7. The van der Waals surface area contributed by atoms with Gasteiger partial charge in [0.15, 0.2) is 5.52 Å². The minimum Gasteiger partial charge on any atom is -0.478 e. The molecule has 1 aromatic carbocycles. The molecule has 2 N–H and O–H groups in total.